The van der Waals surface area contributed by atoms with Crippen molar-refractivity contribution in [1.29, 1.82) is 0 Å². The highest BCUT2D eigenvalue weighted by atomic mass is 35.5. The van der Waals surface area contributed by atoms with E-state index in [2.05, 4.69) is 13.8 Å². The van der Waals surface area contributed by atoms with E-state index in [0.29, 0.717) is 0 Å². The number of quaternary nitrogens is 1. The fourth-order valence-electron chi connectivity index (χ4n) is 3.27. The summed E-state index contributed by atoms with van der Waals surface area (Å²) >= 11 is 0. The van der Waals surface area contributed by atoms with E-state index < -0.39 is 0 Å². The van der Waals surface area contributed by atoms with Gasteiger partial charge in [-0.2, -0.15) is 0 Å². The zero-order chi connectivity index (χ0) is 11.7. The molecule has 0 saturated carbocycles. The van der Waals surface area contributed by atoms with Gasteiger partial charge in [0.1, 0.15) is 0 Å². The summed E-state index contributed by atoms with van der Waals surface area (Å²) in [6, 6.07) is 0. The van der Waals surface area contributed by atoms with Crippen molar-refractivity contribution in [2.45, 2.75) is 71.6 Å². The van der Waals surface area contributed by atoms with Crippen molar-refractivity contribution in [3.05, 3.63) is 0 Å². The molecule has 1 nitrogen and oxygen atoms in total. The maximum atomic E-state index is 2.35. The van der Waals surface area contributed by atoms with Gasteiger partial charge in [-0.1, -0.05) is 39.5 Å². The average molecular weight is 262 g/mol. The molecule has 0 bridgehead atoms. The molecule has 1 rings (SSSR count). The van der Waals surface area contributed by atoms with Crippen LogP contribution in [0.15, 0.2) is 0 Å². The van der Waals surface area contributed by atoms with Crippen LogP contribution in [0.4, 0.5) is 0 Å². The van der Waals surface area contributed by atoms with Gasteiger partial charge in [0.25, 0.3) is 0 Å². The molecule has 0 amide bonds. The lowest BCUT2D eigenvalue weighted by molar-refractivity contribution is -0.917. The number of halogens is 1. The Hall–Kier alpha value is 0.250. The first-order valence-corrected chi connectivity index (χ1v) is 7.68. The maximum Gasteiger partial charge on any atom is 0.0788 e. The number of nitrogens with zero attached hydrogens (tertiary/aromatic N) is 1. The highest BCUT2D eigenvalue weighted by Crippen LogP contribution is 2.21. The number of hydrogen-bond acceptors (Lipinski definition) is 0. The monoisotopic (exact) mass is 261 g/mol. The van der Waals surface area contributed by atoms with Crippen molar-refractivity contribution in [3.63, 3.8) is 0 Å². The topological polar surface area (TPSA) is 0 Å². The van der Waals surface area contributed by atoms with Crippen LogP contribution in [0.3, 0.4) is 0 Å². The predicted molar refractivity (Wildman–Crippen MR) is 72.6 cm³/mol. The number of hydrogen-bond donors (Lipinski definition) is 0. The summed E-state index contributed by atoms with van der Waals surface area (Å²) in [6.07, 6.45) is 13.0. The summed E-state index contributed by atoms with van der Waals surface area (Å²) in [4.78, 5) is 0. The Morgan fingerprint density at radius 2 is 1.29 bits per heavy atom. The molecule has 0 atom stereocenters. The summed E-state index contributed by atoms with van der Waals surface area (Å²) in [6.45, 7) is 10.5. The van der Waals surface area contributed by atoms with E-state index in [4.69, 9.17) is 0 Å². The van der Waals surface area contributed by atoms with E-state index in [0.717, 1.165) is 0 Å². The first-order chi connectivity index (χ1) is 7.83. The minimum Gasteiger partial charge on any atom is -1.00 e. The molecule has 1 heterocycles. The third-order valence-corrected chi connectivity index (χ3v) is 4.20. The van der Waals surface area contributed by atoms with Crippen LogP contribution >= 0.6 is 0 Å². The minimum absolute atomic E-state index is 0. The van der Waals surface area contributed by atoms with Gasteiger partial charge in [-0.05, 0) is 19.3 Å². The van der Waals surface area contributed by atoms with Gasteiger partial charge in [0, 0.05) is 12.8 Å². The van der Waals surface area contributed by atoms with Gasteiger partial charge in [0.05, 0.1) is 26.2 Å². The zero-order valence-electron chi connectivity index (χ0n) is 12.0. The summed E-state index contributed by atoms with van der Waals surface area (Å²) < 4.78 is 1.46. The summed E-state index contributed by atoms with van der Waals surface area (Å²) in [5, 5.41) is 0. The summed E-state index contributed by atoms with van der Waals surface area (Å²) in [5.41, 5.74) is 0. The molecule has 2 heteroatoms. The van der Waals surface area contributed by atoms with Crippen LogP contribution in [0.1, 0.15) is 71.6 Å². The maximum absolute atomic E-state index is 2.35. The van der Waals surface area contributed by atoms with E-state index in [1.165, 1.54) is 88.4 Å². The SMILES string of the molecule is CCCCCCCC[N+]1(CCC)CCCC1.[Cl-]. The molecule has 0 aromatic rings. The number of rotatable bonds is 9. The highest BCUT2D eigenvalue weighted by molar-refractivity contribution is 4.55. The van der Waals surface area contributed by atoms with Crippen LogP contribution in [-0.2, 0) is 0 Å². The lowest BCUT2D eigenvalue weighted by atomic mass is 10.1. The van der Waals surface area contributed by atoms with Gasteiger partial charge in [-0.15, -0.1) is 0 Å². The molecule has 17 heavy (non-hydrogen) atoms. The Morgan fingerprint density at radius 1 is 0.706 bits per heavy atom. The van der Waals surface area contributed by atoms with Gasteiger partial charge >= 0.3 is 0 Å². The second kappa shape index (κ2) is 10.2. The van der Waals surface area contributed by atoms with Crippen molar-refractivity contribution < 1.29 is 16.9 Å². The van der Waals surface area contributed by atoms with Gasteiger partial charge in [0.2, 0.25) is 0 Å². The molecule has 0 aliphatic carbocycles. The molecule has 1 saturated heterocycles. The highest BCUT2D eigenvalue weighted by Gasteiger charge is 2.29. The van der Waals surface area contributed by atoms with Crippen LogP contribution in [0.2, 0.25) is 0 Å². The summed E-state index contributed by atoms with van der Waals surface area (Å²) in [7, 11) is 0. The number of unbranched alkanes of at least 4 members (excludes halogenated alkanes) is 5. The minimum atomic E-state index is 0. The number of likely N-dealkylation sites (tertiary alicyclic amines) is 1. The Balaban J connectivity index is 0.00000256. The van der Waals surface area contributed by atoms with Crippen molar-refractivity contribution in [2.75, 3.05) is 26.2 Å². The third-order valence-electron chi connectivity index (χ3n) is 4.20. The summed E-state index contributed by atoms with van der Waals surface area (Å²) in [5.74, 6) is 0. The molecule has 0 aromatic heterocycles. The van der Waals surface area contributed by atoms with Crippen LogP contribution in [0, 0.1) is 0 Å². The van der Waals surface area contributed by atoms with E-state index in [9.17, 15) is 0 Å². The fourth-order valence-corrected chi connectivity index (χ4v) is 3.27. The van der Waals surface area contributed by atoms with Crippen LogP contribution in [0.25, 0.3) is 0 Å². The van der Waals surface area contributed by atoms with Gasteiger partial charge in [-0.3, -0.25) is 0 Å². The average Bonchev–Trinajstić information content (AvgIpc) is 2.73. The molecule has 0 N–H and O–H groups in total. The molecule has 0 spiro atoms. The molecule has 0 unspecified atom stereocenters. The van der Waals surface area contributed by atoms with Crippen molar-refractivity contribution >= 4 is 0 Å². The normalized spacial score (nSPS) is 18.0. The first kappa shape index (κ1) is 17.2. The van der Waals surface area contributed by atoms with Crippen LogP contribution in [-0.4, -0.2) is 30.7 Å². The Kier molecular flexibility index (Phi) is 10.3. The Labute approximate surface area is 115 Å². The Bertz CT molecular complexity index is 164. The van der Waals surface area contributed by atoms with Crippen LogP contribution in [0.5, 0.6) is 0 Å². The lowest BCUT2D eigenvalue weighted by Gasteiger charge is -2.34. The standard InChI is InChI=1S/C15H32N.ClH/c1-3-5-6-7-8-9-13-16(12-4-2)14-10-11-15-16;/h3-15H2,1-2H3;1H/q+1;/p-1. The van der Waals surface area contributed by atoms with Gasteiger partial charge < -0.3 is 16.9 Å². The molecule has 104 valence electrons. The quantitative estimate of drug-likeness (QED) is 0.435. The molecular formula is C15H32ClN. The van der Waals surface area contributed by atoms with Gasteiger partial charge in [-0.25, -0.2) is 0 Å². The molecule has 1 fully saturated rings. The zero-order valence-corrected chi connectivity index (χ0v) is 12.8. The van der Waals surface area contributed by atoms with Gasteiger partial charge in [0.15, 0.2) is 0 Å². The first-order valence-electron chi connectivity index (χ1n) is 7.68. The molecule has 0 radical (unpaired) electrons. The Morgan fingerprint density at radius 3 is 1.88 bits per heavy atom. The molecule has 1 aliphatic rings. The largest absolute Gasteiger partial charge is 1.00 e. The van der Waals surface area contributed by atoms with Crippen LogP contribution < -0.4 is 12.4 Å². The molecular weight excluding hydrogens is 230 g/mol. The van der Waals surface area contributed by atoms with E-state index in [1.807, 2.05) is 0 Å². The fraction of sp³-hybridized carbons (Fsp3) is 1.00. The third kappa shape index (κ3) is 6.67. The molecule has 1 aliphatic heterocycles. The second-order valence-corrected chi connectivity index (χ2v) is 5.71. The van der Waals surface area contributed by atoms with Crippen molar-refractivity contribution in [2.24, 2.45) is 0 Å². The van der Waals surface area contributed by atoms with E-state index in [-0.39, 0.29) is 12.4 Å². The second-order valence-electron chi connectivity index (χ2n) is 5.71. The van der Waals surface area contributed by atoms with Crippen molar-refractivity contribution in [1.82, 2.24) is 0 Å². The lowest BCUT2D eigenvalue weighted by Crippen LogP contribution is -3.00. The van der Waals surface area contributed by atoms with E-state index in [1.54, 1.807) is 0 Å². The smallest absolute Gasteiger partial charge is 0.0788 e. The molecule has 0 aromatic carbocycles. The van der Waals surface area contributed by atoms with Crippen molar-refractivity contribution in [3.8, 4) is 0 Å². The van der Waals surface area contributed by atoms with E-state index >= 15 is 0 Å². The predicted octanol–water partition coefficient (Wildman–Crippen LogP) is 1.37.